The molecular formula is C16H17NO2. The average molecular weight is 255 g/mol. The minimum absolute atomic E-state index is 0.185. The van der Waals surface area contributed by atoms with Gasteiger partial charge in [0.25, 0.3) is 0 Å². The van der Waals surface area contributed by atoms with E-state index in [0.29, 0.717) is 12.0 Å². The summed E-state index contributed by atoms with van der Waals surface area (Å²) in [6, 6.07) is 18.7. The maximum atomic E-state index is 11.7. The van der Waals surface area contributed by atoms with Crippen LogP contribution in [-0.4, -0.2) is 18.6 Å². The van der Waals surface area contributed by atoms with Gasteiger partial charge in [-0.25, -0.2) is 4.79 Å². The van der Waals surface area contributed by atoms with Crippen LogP contribution in [0.15, 0.2) is 60.7 Å². The third kappa shape index (κ3) is 4.23. The van der Waals surface area contributed by atoms with Gasteiger partial charge in [0.2, 0.25) is 0 Å². The summed E-state index contributed by atoms with van der Waals surface area (Å²) >= 11 is 0. The van der Waals surface area contributed by atoms with Gasteiger partial charge < -0.3 is 10.5 Å². The third-order valence-electron chi connectivity index (χ3n) is 2.78. The van der Waals surface area contributed by atoms with Gasteiger partial charge in [0.15, 0.2) is 0 Å². The lowest BCUT2D eigenvalue weighted by Crippen LogP contribution is -2.30. The minimum Gasteiger partial charge on any atom is -0.460 e. The Morgan fingerprint density at radius 2 is 1.58 bits per heavy atom. The van der Waals surface area contributed by atoms with E-state index in [-0.39, 0.29) is 18.6 Å². The van der Waals surface area contributed by atoms with E-state index >= 15 is 0 Å². The lowest BCUT2D eigenvalue weighted by atomic mass is 10.1. The zero-order valence-electron chi connectivity index (χ0n) is 10.7. The van der Waals surface area contributed by atoms with E-state index in [1.165, 1.54) is 0 Å². The molecule has 0 aliphatic carbocycles. The van der Waals surface area contributed by atoms with Gasteiger partial charge in [-0.3, -0.25) is 0 Å². The zero-order chi connectivity index (χ0) is 13.5. The van der Waals surface area contributed by atoms with Crippen LogP contribution in [0.5, 0.6) is 0 Å². The summed E-state index contributed by atoms with van der Waals surface area (Å²) in [6.07, 6.45) is 0.697. The molecular weight excluding hydrogens is 238 g/mol. The van der Waals surface area contributed by atoms with E-state index in [2.05, 4.69) is 0 Å². The molecule has 2 aromatic carbocycles. The summed E-state index contributed by atoms with van der Waals surface area (Å²) in [5.74, 6) is -0.330. The molecule has 0 aliphatic heterocycles. The van der Waals surface area contributed by atoms with Crippen LogP contribution in [0, 0.1) is 0 Å². The van der Waals surface area contributed by atoms with E-state index in [4.69, 9.17) is 10.5 Å². The van der Waals surface area contributed by atoms with Gasteiger partial charge in [0, 0.05) is 6.04 Å². The summed E-state index contributed by atoms with van der Waals surface area (Å²) in [4.78, 5) is 11.7. The Morgan fingerprint density at radius 1 is 1.00 bits per heavy atom. The van der Waals surface area contributed by atoms with Crippen molar-refractivity contribution in [1.82, 2.24) is 0 Å². The first-order valence-electron chi connectivity index (χ1n) is 6.27. The van der Waals surface area contributed by atoms with Gasteiger partial charge in [-0.15, -0.1) is 0 Å². The Morgan fingerprint density at radius 3 is 2.21 bits per heavy atom. The smallest absolute Gasteiger partial charge is 0.338 e. The van der Waals surface area contributed by atoms with Crippen LogP contribution in [-0.2, 0) is 11.2 Å². The number of carbonyl (C=O) groups excluding carboxylic acids is 1. The highest BCUT2D eigenvalue weighted by Gasteiger charge is 2.10. The summed E-state index contributed by atoms with van der Waals surface area (Å²) in [5.41, 5.74) is 7.65. The average Bonchev–Trinajstić information content (AvgIpc) is 2.47. The second-order valence-electron chi connectivity index (χ2n) is 4.41. The van der Waals surface area contributed by atoms with E-state index in [9.17, 15) is 4.79 Å². The molecule has 98 valence electrons. The van der Waals surface area contributed by atoms with Crippen molar-refractivity contribution in [2.24, 2.45) is 5.73 Å². The van der Waals surface area contributed by atoms with Crippen LogP contribution in [0.2, 0.25) is 0 Å². The maximum absolute atomic E-state index is 11.7. The number of benzene rings is 2. The number of esters is 1. The monoisotopic (exact) mass is 255 g/mol. The van der Waals surface area contributed by atoms with E-state index < -0.39 is 0 Å². The van der Waals surface area contributed by atoms with Gasteiger partial charge in [-0.2, -0.15) is 0 Å². The van der Waals surface area contributed by atoms with Crippen LogP contribution in [0.1, 0.15) is 15.9 Å². The van der Waals surface area contributed by atoms with Crippen molar-refractivity contribution in [2.75, 3.05) is 6.61 Å². The molecule has 0 aromatic heterocycles. The van der Waals surface area contributed by atoms with Crippen molar-refractivity contribution >= 4 is 5.97 Å². The second-order valence-corrected chi connectivity index (χ2v) is 4.41. The molecule has 0 saturated carbocycles. The quantitative estimate of drug-likeness (QED) is 0.835. The van der Waals surface area contributed by atoms with Gasteiger partial charge in [0.05, 0.1) is 5.56 Å². The van der Waals surface area contributed by atoms with E-state index in [0.717, 1.165) is 5.56 Å². The Bertz CT molecular complexity index is 511. The molecule has 0 heterocycles. The van der Waals surface area contributed by atoms with E-state index in [1.54, 1.807) is 24.3 Å². The Labute approximate surface area is 113 Å². The van der Waals surface area contributed by atoms with Crippen molar-refractivity contribution < 1.29 is 9.53 Å². The number of ether oxygens (including phenoxy) is 1. The molecule has 0 aliphatic rings. The largest absolute Gasteiger partial charge is 0.460 e. The van der Waals surface area contributed by atoms with Gasteiger partial charge in [-0.1, -0.05) is 48.5 Å². The molecule has 0 saturated heterocycles. The Balaban J connectivity index is 1.81. The molecule has 3 heteroatoms. The normalized spacial score (nSPS) is 11.8. The molecule has 2 rings (SSSR count). The fourth-order valence-electron chi connectivity index (χ4n) is 1.82. The lowest BCUT2D eigenvalue weighted by molar-refractivity contribution is 0.0481. The SMILES string of the molecule is N[C@H](COC(=O)c1ccccc1)Cc1ccccc1. The molecule has 0 radical (unpaired) electrons. The fourth-order valence-corrected chi connectivity index (χ4v) is 1.82. The van der Waals surface area contributed by atoms with Crippen molar-refractivity contribution in [3.05, 3.63) is 71.8 Å². The maximum Gasteiger partial charge on any atom is 0.338 e. The van der Waals surface area contributed by atoms with Gasteiger partial charge in [0.1, 0.15) is 6.61 Å². The van der Waals surface area contributed by atoms with Crippen LogP contribution < -0.4 is 5.73 Å². The highest BCUT2D eigenvalue weighted by molar-refractivity contribution is 5.89. The highest BCUT2D eigenvalue weighted by Crippen LogP contribution is 2.04. The molecule has 2 N–H and O–H groups in total. The molecule has 3 nitrogen and oxygen atoms in total. The standard InChI is InChI=1S/C16H17NO2/c17-15(11-13-7-3-1-4-8-13)12-19-16(18)14-9-5-2-6-10-14/h1-10,15H,11-12,17H2/t15-/m0/s1. The van der Waals surface area contributed by atoms with Crippen LogP contribution >= 0.6 is 0 Å². The van der Waals surface area contributed by atoms with Crippen molar-refractivity contribution in [2.45, 2.75) is 12.5 Å². The molecule has 0 amide bonds. The third-order valence-corrected chi connectivity index (χ3v) is 2.78. The summed E-state index contributed by atoms with van der Waals surface area (Å²) in [7, 11) is 0. The van der Waals surface area contributed by atoms with Crippen molar-refractivity contribution in [3.8, 4) is 0 Å². The topological polar surface area (TPSA) is 52.3 Å². The number of carbonyl (C=O) groups is 1. The van der Waals surface area contributed by atoms with Crippen molar-refractivity contribution in [3.63, 3.8) is 0 Å². The Hall–Kier alpha value is -2.13. The number of rotatable bonds is 5. The molecule has 0 fully saturated rings. The predicted molar refractivity (Wildman–Crippen MR) is 74.8 cm³/mol. The zero-order valence-corrected chi connectivity index (χ0v) is 10.7. The molecule has 0 spiro atoms. The molecule has 19 heavy (non-hydrogen) atoms. The summed E-state index contributed by atoms with van der Waals surface area (Å²) < 4.78 is 5.20. The van der Waals surface area contributed by atoms with Crippen LogP contribution in [0.25, 0.3) is 0 Å². The predicted octanol–water partition coefficient (Wildman–Crippen LogP) is 2.41. The molecule has 1 atom stereocenters. The highest BCUT2D eigenvalue weighted by atomic mass is 16.5. The van der Waals surface area contributed by atoms with E-state index in [1.807, 2.05) is 36.4 Å². The molecule has 0 unspecified atom stereocenters. The first-order valence-corrected chi connectivity index (χ1v) is 6.27. The number of hydrogen-bond acceptors (Lipinski definition) is 3. The minimum atomic E-state index is -0.330. The summed E-state index contributed by atoms with van der Waals surface area (Å²) in [6.45, 7) is 0.225. The van der Waals surface area contributed by atoms with Gasteiger partial charge in [-0.05, 0) is 24.1 Å². The van der Waals surface area contributed by atoms with Crippen LogP contribution in [0.4, 0.5) is 0 Å². The first-order chi connectivity index (χ1) is 9.25. The second kappa shape index (κ2) is 6.71. The molecule has 2 aromatic rings. The fraction of sp³-hybridized carbons (Fsp3) is 0.188. The lowest BCUT2D eigenvalue weighted by Gasteiger charge is -2.12. The van der Waals surface area contributed by atoms with Crippen molar-refractivity contribution in [1.29, 1.82) is 0 Å². The Kier molecular flexibility index (Phi) is 4.70. The summed E-state index contributed by atoms with van der Waals surface area (Å²) in [5, 5.41) is 0. The van der Waals surface area contributed by atoms with Gasteiger partial charge >= 0.3 is 5.97 Å². The van der Waals surface area contributed by atoms with Crippen LogP contribution in [0.3, 0.4) is 0 Å². The first kappa shape index (κ1) is 13.3. The number of nitrogens with two attached hydrogens (primary N) is 1. The number of hydrogen-bond donors (Lipinski definition) is 1. The molecule has 0 bridgehead atoms.